The van der Waals surface area contributed by atoms with Gasteiger partial charge in [-0.3, -0.25) is 9.52 Å². The number of sulfonamides is 1. The number of nitrogens with zero attached hydrogens (tertiary/aromatic N) is 1. The zero-order chi connectivity index (χ0) is 26.8. The Labute approximate surface area is 218 Å². The Morgan fingerprint density at radius 3 is 2.41 bits per heavy atom. The van der Waals surface area contributed by atoms with Gasteiger partial charge in [-0.2, -0.15) is 0 Å². The van der Waals surface area contributed by atoms with Gasteiger partial charge in [-0.1, -0.05) is 49.7 Å². The number of rotatable bonds is 12. The number of nitrogens with one attached hydrogen (secondary N) is 1. The number of carbonyl (C=O) groups excluding carboxylic acids is 2. The molecule has 0 heterocycles. The van der Waals surface area contributed by atoms with Crippen molar-refractivity contribution in [1.82, 2.24) is 4.90 Å². The molecule has 0 aliphatic heterocycles. The van der Waals surface area contributed by atoms with Crippen LogP contribution in [0.25, 0.3) is 0 Å². The average molecular weight is 525 g/mol. The number of esters is 1. The topological polar surface area (TPSA) is 102 Å². The lowest BCUT2D eigenvalue weighted by molar-refractivity contribution is -0.133. The molecule has 0 saturated heterocycles. The average Bonchev–Trinajstić information content (AvgIpc) is 2.91. The summed E-state index contributed by atoms with van der Waals surface area (Å²) in [7, 11) is -0.783. The summed E-state index contributed by atoms with van der Waals surface area (Å²) >= 11 is 0. The molecule has 0 aromatic heterocycles. The van der Waals surface area contributed by atoms with E-state index in [9.17, 15) is 18.0 Å². The first-order valence-electron chi connectivity index (χ1n) is 12.0. The number of hydrogen-bond donors (Lipinski definition) is 1. The second-order valence-corrected chi connectivity index (χ2v) is 10.3. The maximum atomic E-state index is 12.9. The Balaban J connectivity index is 1.60. The number of hydrogen-bond acceptors (Lipinski definition) is 6. The largest absolute Gasteiger partial charge is 0.496 e. The number of carbonyl (C=O) groups is 2. The van der Waals surface area contributed by atoms with Crippen molar-refractivity contribution in [3.63, 3.8) is 0 Å². The maximum absolute atomic E-state index is 12.9. The molecule has 0 atom stereocenters. The van der Waals surface area contributed by atoms with Gasteiger partial charge in [0.05, 0.1) is 17.6 Å². The monoisotopic (exact) mass is 524 g/mol. The first-order chi connectivity index (χ1) is 17.7. The third-order valence-electron chi connectivity index (χ3n) is 5.76. The Hall–Kier alpha value is -3.85. The highest BCUT2D eigenvalue weighted by molar-refractivity contribution is 7.92. The van der Waals surface area contributed by atoms with E-state index in [4.69, 9.17) is 9.47 Å². The zero-order valence-electron chi connectivity index (χ0n) is 21.3. The number of unbranched alkanes of at least 4 members (excludes halogenated alkanes) is 1. The SMILES string of the molecule is CCCCc1ccc(NS(=O)(=O)c2cccc(C(=O)OCC(=O)N(C)Cc3ccccc3OC)c2)cc1. The molecule has 0 radical (unpaired) electrons. The summed E-state index contributed by atoms with van der Waals surface area (Å²) < 4.78 is 38.8. The van der Waals surface area contributed by atoms with Gasteiger partial charge >= 0.3 is 5.97 Å². The maximum Gasteiger partial charge on any atom is 0.338 e. The van der Waals surface area contributed by atoms with Crippen LogP contribution in [0.2, 0.25) is 0 Å². The highest BCUT2D eigenvalue weighted by atomic mass is 32.2. The second kappa shape index (κ2) is 12.9. The molecule has 0 unspecified atom stereocenters. The molecule has 0 fully saturated rings. The third kappa shape index (κ3) is 7.82. The van der Waals surface area contributed by atoms with Gasteiger partial charge in [0.15, 0.2) is 6.61 Å². The lowest BCUT2D eigenvalue weighted by Gasteiger charge is -2.18. The van der Waals surface area contributed by atoms with E-state index in [0.717, 1.165) is 30.4 Å². The molecule has 37 heavy (non-hydrogen) atoms. The van der Waals surface area contributed by atoms with E-state index in [1.54, 1.807) is 32.4 Å². The Morgan fingerprint density at radius 1 is 0.973 bits per heavy atom. The lowest BCUT2D eigenvalue weighted by Crippen LogP contribution is -2.31. The van der Waals surface area contributed by atoms with Crippen LogP contribution in [0.4, 0.5) is 5.69 Å². The molecule has 8 nitrogen and oxygen atoms in total. The Kier molecular flexibility index (Phi) is 9.68. The van der Waals surface area contributed by atoms with Crippen LogP contribution in [0.3, 0.4) is 0 Å². The molecule has 1 amide bonds. The molecule has 0 aliphatic rings. The minimum Gasteiger partial charge on any atom is -0.496 e. The summed E-state index contributed by atoms with van der Waals surface area (Å²) in [5.74, 6) is -0.554. The molecule has 196 valence electrons. The van der Waals surface area contributed by atoms with Gasteiger partial charge in [-0.05, 0) is 54.8 Å². The smallest absolute Gasteiger partial charge is 0.338 e. The van der Waals surface area contributed by atoms with Crippen LogP contribution in [0, 0.1) is 0 Å². The number of methoxy groups -OCH3 is 1. The minimum absolute atomic E-state index is 0.0259. The van der Waals surface area contributed by atoms with Crippen molar-refractivity contribution in [1.29, 1.82) is 0 Å². The highest BCUT2D eigenvalue weighted by Crippen LogP contribution is 2.20. The molecule has 9 heteroatoms. The number of amides is 1. The molecule has 0 spiro atoms. The van der Waals surface area contributed by atoms with E-state index >= 15 is 0 Å². The van der Waals surface area contributed by atoms with Crippen LogP contribution in [0.5, 0.6) is 5.75 Å². The fourth-order valence-electron chi connectivity index (χ4n) is 3.62. The molecule has 3 aromatic rings. The summed E-state index contributed by atoms with van der Waals surface area (Å²) in [4.78, 5) is 26.4. The number of anilines is 1. The molecule has 0 saturated carbocycles. The predicted octanol–water partition coefficient (Wildman–Crippen LogP) is 4.65. The van der Waals surface area contributed by atoms with E-state index in [1.165, 1.54) is 29.2 Å². The molecule has 0 bridgehead atoms. The van der Waals surface area contributed by atoms with Crippen LogP contribution in [0.1, 0.15) is 41.3 Å². The summed E-state index contributed by atoms with van der Waals surface area (Å²) in [5, 5.41) is 0. The van der Waals surface area contributed by atoms with Crippen molar-refractivity contribution in [2.45, 2.75) is 37.6 Å². The van der Waals surface area contributed by atoms with E-state index in [2.05, 4.69) is 11.6 Å². The number of para-hydroxylation sites is 1. The summed E-state index contributed by atoms with van der Waals surface area (Å²) in [6.07, 6.45) is 3.09. The zero-order valence-corrected chi connectivity index (χ0v) is 22.1. The number of likely N-dealkylation sites (N-methyl/N-ethyl adjacent to an activating group) is 1. The van der Waals surface area contributed by atoms with E-state index in [1.807, 2.05) is 30.3 Å². The quantitative estimate of drug-likeness (QED) is 0.346. The van der Waals surface area contributed by atoms with Gasteiger partial charge in [0.25, 0.3) is 15.9 Å². The Morgan fingerprint density at radius 2 is 1.70 bits per heavy atom. The minimum atomic E-state index is -3.93. The van der Waals surface area contributed by atoms with Crippen molar-refractivity contribution in [2.24, 2.45) is 0 Å². The van der Waals surface area contributed by atoms with Crippen LogP contribution in [-0.4, -0.2) is 46.0 Å². The van der Waals surface area contributed by atoms with Crippen LogP contribution in [-0.2, 0) is 32.5 Å². The molecule has 1 N–H and O–H groups in total. The number of ether oxygens (including phenoxy) is 2. The van der Waals surface area contributed by atoms with Crippen LogP contribution in [0.15, 0.2) is 77.7 Å². The lowest BCUT2D eigenvalue weighted by atomic mass is 10.1. The van der Waals surface area contributed by atoms with Crippen molar-refractivity contribution >= 4 is 27.6 Å². The first-order valence-corrected chi connectivity index (χ1v) is 13.5. The highest BCUT2D eigenvalue weighted by Gasteiger charge is 2.19. The van der Waals surface area contributed by atoms with Gasteiger partial charge in [-0.25, -0.2) is 13.2 Å². The van der Waals surface area contributed by atoms with E-state index in [-0.39, 0.29) is 17.0 Å². The molecule has 3 rings (SSSR count). The van der Waals surface area contributed by atoms with Gasteiger partial charge in [0, 0.05) is 24.8 Å². The van der Waals surface area contributed by atoms with Crippen molar-refractivity contribution < 1.29 is 27.5 Å². The predicted molar refractivity (Wildman–Crippen MR) is 142 cm³/mol. The van der Waals surface area contributed by atoms with Crippen LogP contribution < -0.4 is 9.46 Å². The molecule has 3 aromatic carbocycles. The normalized spacial score (nSPS) is 11.0. The summed E-state index contributed by atoms with van der Waals surface area (Å²) in [6, 6.07) is 20.0. The summed E-state index contributed by atoms with van der Waals surface area (Å²) in [5.41, 5.74) is 2.40. The van der Waals surface area contributed by atoms with E-state index < -0.39 is 28.5 Å². The fraction of sp³-hybridized carbons (Fsp3) is 0.286. The summed E-state index contributed by atoms with van der Waals surface area (Å²) in [6.45, 7) is 1.91. The van der Waals surface area contributed by atoms with Crippen molar-refractivity contribution in [3.8, 4) is 5.75 Å². The standard InChI is InChI=1S/C28H32N2O6S/c1-4-5-9-21-14-16-24(17-15-21)29-37(33,34)25-12-8-11-22(18-25)28(32)36-20-27(31)30(2)19-23-10-6-7-13-26(23)35-3/h6-8,10-18,29H,4-5,9,19-20H2,1-3H3. The van der Waals surface area contributed by atoms with Crippen LogP contribution >= 0.6 is 0 Å². The molecule has 0 aliphatic carbocycles. The van der Waals surface area contributed by atoms with Gasteiger partial charge in [0.2, 0.25) is 0 Å². The third-order valence-corrected chi connectivity index (χ3v) is 7.14. The fourth-order valence-corrected chi connectivity index (χ4v) is 4.73. The van der Waals surface area contributed by atoms with Crippen molar-refractivity contribution in [2.75, 3.05) is 25.5 Å². The number of aryl methyl sites for hydroxylation is 1. The van der Waals surface area contributed by atoms with Gasteiger partial charge in [0.1, 0.15) is 5.75 Å². The van der Waals surface area contributed by atoms with Gasteiger partial charge < -0.3 is 14.4 Å². The van der Waals surface area contributed by atoms with Crippen molar-refractivity contribution in [3.05, 3.63) is 89.5 Å². The molecular weight excluding hydrogens is 492 g/mol. The second-order valence-electron chi connectivity index (χ2n) is 8.57. The Bertz CT molecular complexity index is 1320. The van der Waals surface area contributed by atoms with Gasteiger partial charge in [-0.15, -0.1) is 0 Å². The first kappa shape index (κ1) is 27.7. The number of benzene rings is 3. The molecular formula is C28H32N2O6S. The van der Waals surface area contributed by atoms with E-state index in [0.29, 0.717) is 11.4 Å².